The first-order chi connectivity index (χ1) is 9.34. The van der Waals surface area contributed by atoms with E-state index in [1.54, 1.807) is 0 Å². The maximum Gasteiger partial charge on any atom is 4.00 e. The van der Waals surface area contributed by atoms with Gasteiger partial charge in [0.15, 0.2) is 0 Å². The first-order valence-electron chi connectivity index (χ1n) is 6.61. The molecule has 0 spiro atoms. The summed E-state index contributed by atoms with van der Waals surface area (Å²) in [6.07, 6.45) is 8.24. The molecule has 110 valence electrons. The Kier molecular flexibility index (Phi) is 9.56. The van der Waals surface area contributed by atoms with Crippen LogP contribution >= 0.6 is 0 Å². The van der Waals surface area contributed by atoms with Crippen molar-refractivity contribution in [3.05, 3.63) is 78.4 Å². The van der Waals surface area contributed by atoms with Gasteiger partial charge in [0.2, 0.25) is 0 Å². The molecule has 0 atom stereocenters. The van der Waals surface area contributed by atoms with Crippen LogP contribution in [0.15, 0.2) is 72.3 Å². The Morgan fingerprint density at radius 1 is 0.864 bits per heavy atom. The van der Waals surface area contributed by atoms with Crippen molar-refractivity contribution in [2.75, 3.05) is 0 Å². The van der Waals surface area contributed by atoms with E-state index < -0.39 is 0 Å². The molecule has 0 fully saturated rings. The number of fused-ring (bicyclic) bond motifs is 3. The largest absolute Gasteiger partial charge is 4.00 e. The first kappa shape index (κ1) is 21.1. The van der Waals surface area contributed by atoms with Gasteiger partial charge in [-0.25, -0.2) is 11.6 Å². The SMILES string of the molecule is CC1=CC[C-]=C1.[Cl-].[Cl-].[Ti+4].c1ccc2c(c1)[cH-]c1ccccc12. The Hall–Kier alpha value is -0.916. The van der Waals surface area contributed by atoms with Gasteiger partial charge in [-0.1, -0.05) is 36.4 Å². The van der Waals surface area contributed by atoms with Crippen LogP contribution in [0, 0.1) is 6.08 Å². The molecular formula is C19H16Cl2Ti. The molecule has 3 aromatic rings. The summed E-state index contributed by atoms with van der Waals surface area (Å²) in [4.78, 5) is 0. The number of rotatable bonds is 0. The molecule has 0 radical (unpaired) electrons. The van der Waals surface area contributed by atoms with Crippen LogP contribution in [0.3, 0.4) is 0 Å². The Labute approximate surface area is 159 Å². The smallest absolute Gasteiger partial charge is 1.00 e. The predicted molar refractivity (Wildman–Crippen MR) is 83.2 cm³/mol. The maximum absolute atomic E-state index is 3.05. The fourth-order valence-corrected chi connectivity index (χ4v) is 2.40. The second kappa shape index (κ2) is 9.97. The van der Waals surface area contributed by atoms with Crippen LogP contribution in [0.2, 0.25) is 0 Å². The number of allylic oxidation sites excluding steroid dienone is 4. The van der Waals surface area contributed by atoms with E-state index in [0.717, 1.165) is 6.42 Å². The third-order valence-electron chi connectivity index (χ3n) is 3.39. The third kappa shape index (κ3) is 4.79. The molecule has 1 aliphatic carbocycles. The molecule has 3 heteroatoms. The van der Waals surface area contributed by atoms with Gasteiger partial charge in [0.1, 0.15) is 0 Å². The molecule has 0 heterocycles. The van der Waals surface area contributed by atoms with E-state index >= 15 is 0 Å². The van der Waals surface area contributed by atoms with Gasteiger partial charge in [-0.2, -0.15) is 6.08 Å². The fourth-order valence-electron chi connectivity index (χ4n) is 2.40. The van der Waals surface area contributed by atoms with Crippen molar-refractivity contribution in [1.29, 1.82) is 0 Å². The van der Waals surface area contributed by atoms with E-state index in [9.17, 15) is 0 Å². The van der Waals surface area contributed by atoms with Gasteiger partial charge in [0, 0.05) is 0 Å². The fraction of sp³-hybridized carbons (Fsp3) is 0.105. The number of hydrogen-bond donors (Lipinski definition) is 0. The molecular weight excluding hydrogens is 347 g/mol. The van der Waals surface area contributed by atoms with Crippen LogP contribution in [0.5, 0.6) is 0 Å². The zero-order valence-corrected chi connectivity index (χ0v) is 15.4. The van der Waals surface area contributed by atoms with E-state index in [4.69, 9.17) is 0 Å². The summed E-state index contributed by atoms with van der Waals surface area (Å²) in [5, 5.41) is 5.39. The van der Waals surface area contributed by atoms with Crippen molar-refractivity contribution in [1.82, 2.24) is 0 Å². The van der Waals surface area contributed by atoms with Crippen molar-refractivity contribution < 1.29 is 46.5 Å². The molecule has 1 aliphatic rings. The van der Waals surface area contributed by atoms with Crippen LogP contribution < -0.4 is 24.8 Å². The van der Waals surface area contributed by atoms with Crippen LogP contribution in [0.4, 0.5) is 0 Å². The summed E-state index contributed by atoms with van der Waals surface area (Å²) in [5.41, 5.74) is 1.34. The number of halogens is 2. The normalized spacial score (nSPS) is 11.6. The van der Waals surface area contributed by atoms with E-state index in [1.165, 1.54) is 27.1 Å². The number of benzene rings is 2. The van der Waals surface area contributed by atoms with Gasteiger partial charge in [-0.15, -0.1) is 53.1 Å². The zero-order chi connectivity index (χ0) is 13.1. The molecule has 3 aromatic carbocycles. The molecule has 0 nitrogen and oxygen atoms in total. The quantitative estimate of drug-likeness (QED) is 0.370. The van der Waals surface area contributed by atoms with Crippen LogP contribution in [0.25, 0.3) is 21.5 Å². The summed E-state index contributed by atoms with van der Waals surface area (Å²) in [5.74, 6) is 0. The summed E-state index contributed by atoms with van der Waals surface area (Å²) >= 11 is 0. The van der Waals surface area contributed by atoms with Gasteiger partial charge >= 0.3 is 21.7 Å². The summed E-state index contributed by atoms with van der Waals surface area (Å²) in [7, 11) is 0. The predicted octanol–water partition coefficient (Wildman–Crippen LogP) is -0.587. The van der Waals surface area contributed by atoms with Crippen molar-refractivity contribution in [2.45, 2.75) is 13.3 Å². The molecule has 0 saturated carbocycles. The summed E-state index contributed by atoms with van der Waals surface area (Å²) in [6.45, 7) is 2.08. The minimum atomic E-state index is 0. The molecule has 0 aliphatic heterocycles. The molecule has 0 bridgehead atoms. The van der Waals surface area contributed by atoms with Crippen LogP contribution in [-0.4, -0.2) is 0 Å². The van der Waals surface area contributed by atoms with Crippen molar-refractivity contribution in [3.63, 3.8) is 0 Å². The van der Waals surface area contributed by atoms with Gasteiger partial charge < -0.3 is 24.8 Å². The zero-order valence-electron chi connectivity index (χ0n) is 12.3. The average Bonchev–Trinajstić information content (AvgIpc) is 3.06. The Morgan fingerprint density at radius 2 is 1.36 bits per heavy atom. The number of hydrogen-bond acceptors (Lipinski definition) is 0. The first-order valence-corrected chi connectivity index (χ1v) is 6.61. The van der Waals surface area contributed by atoms with Crippen molar-refractivity contribution in [3.8, 4) is 0 Å². The van der Waals surface area contributed by atoms with E-state index in [0.29, 0.717) is 0 Å². The Balaban J connectivity index is 0.000000429. The maximum atomic E-state index is 3.05. The second-order valence-corrected chi connectivity index (χ2v) is 4.82. The van der Waals surface area contributed by atoms with Crippen molar-refractivity contribution in [2.24, 2.45) is 0 Å². The van der Waals surface area contributed by atoms with Crippen LogP contribution in [-0.2, 0) is 21.7 Å². The molecule has 0 N–H and O–H groups in total. The molecule has 4 rings (SSSR count). The Bertz CT molecular complexity index is 716. The van der Waals surface area contributed by atoms with Crippen LogP contribution in [0.1, 0.15) is 13.3 Å². The standard InChI is InChI=1S/C13H9.C6H7.2ClH.Ti/c1-3-7-12-10(5-1)9-11-6-2-4-8-13(11)12;1-6-4-2-3-5-6;;;/h1-9H;4-5H,2H2,1H3;2*1H;/q2*-1;;;+4/p-2. The van der Waals surface area contributed by atoms with Gasteiger partial charge in [0.05, 0.1) is 0 Å². The summed E-state index contributed by atoms with van der Waals surface area (Å²) in [6, 6.07) is 19.3. The van der Waals surface area contributed by atoms with E-state index in [-0.39, 0.29) is 46.5 Å². The molecule has 0 saturated heterocycles. The Morgan fingerprint density at radius 3 is 1.73 bits per heavy atom. The van der Waals surface area contributed by atoms with Gasteiger partial charge in [-0.3, -0.25) is 6.08 Å². The molecule has 0 aromatic heterocycles. The van der Waals surface area contributed by atoms with Gasteiger partial charge in [-0.05, 0) is 0 Å². The van der Waals surface area contributed by atoms with E-state index in [1.807, 2.05) is 6.08 Å². The third-order valence-corrected chi connectivity index (χ3v) is 3.39. The topological polar surface area (TPSA) is 0 Å². The minimum absolute atomic E-state index is 0. The monoisotopic (exact) mass is 362 g/mol. The molecule has 0 unspecified atom stereocenters. The molecule has 22 heavy (non-hydrogen) atoms. The van der Waals surface area contributed by atoms with E-state index in [2.05, 4.69) is 73.7 Å². The van der Waals surface area contributed by atoms with Gasteiger partial charge in [0.25, 0.3) is 0 Å². The minimum Gasteiger partial charge on any atom is -1.00 e. The summed E-state index contributed by atoms with van der Waals surface area (Å²) < 4.78 is 0. The van der Waals surface area contributed by atoms with Crippen molar-refractivity contribution >= 4 is 21.5 Å². The average molecular weight is 363 g/mol. The molecule has 0 amide bonds. The second-order valence-electron chi connectivity index (χ2n) is 4.82.